The summed E-state index contributed by atoms with van der Waals surface area (Å²) >= 11 is 24.4. The topological polar surface area (TPSA) is 20.2 Å². The molecule has 0 amide bonds. The van der Waals surface area contributed by atoms with Gasteiger partial charge in [0, 0.05) is 26.0 Å². The second-order valence-corrected chi connectivity index (χ2v) is 6.11. The summed E-state index contributed by atoms with van der Waals surface area (Å²) in [6, 6.07) is 10.6. The van der Waals surface area contributed by atoms with Crippen molar-refractivity contribution in [2.24, 2.45) is 0 Å². The van der Waals surface area contributed by atoms with Crippen LogP contribution in [0.3, 0.4) is 0 Å². The molecule has 0 aliphatic rings. The molecule has 0 saturated carbocycles. The van der Waals surface area contributed by atoms with Crippen molar-refractivity contribution in [3.63, 3.8) is 0 Å². The molecule has 0 fully saturated rings. The van der Waals surface area contributed by atoms with E-state index in [1.807, 2.05) is 6.07 Å². The van der Waals surface area contributed by atoms with Crippen molar-refractivity contribution in [2.75, 3.05) is 6.61 Å². The van der Waals surface area contributed by atoms with E-state index in [0.717, 1.165) is 11.1 Å². The Bertz CT molecular complexity index is 593. The number of aliphatic hydroxyl groups is 1. The maximum absolute atomic E-state index is 9.65. The van der Waals surface area contributed by atoms with E-state index >= 15 is 0 Å². The van der Waals surface area contributed by atoms with E-state index in [4.69, 9.17) is 46.4 Å². The number of aliphatic hydroxyl groups excluding tert-OH is 1. The highest BCUT2D eigenvalue weighted by molar-refractivity contribution is 6.36. The van der Waals surface area contributed by atoms with Crippen LogP contribution in [0.25, 0.3) is 0 Å². The quantitative estimate of drug-likeness (QED) is 0.759. The Kier molecular flexibility index (Phi) is 5.59. The maximum atomic E-state index is 9.65. The molecule has 0 unspecified atom stereocenters. The molecule has 0 aliphatic heterocycles. The minimum absolute atomic E-state index is 0.0671. The van der Waals surface area contributed by atoms with E-state index < -0.39 is 0 Å². The van der Waals surface area contributed by atoms with Crippen molar-refractivity contribution in [3.8, 4) is 0 Å². The fraction of sp³-hybridized carbons (Fsp3) is 0.200. The van der Waals surface area contributed by atoms with Crippen LogP contribution in [0.15, 0.2) is 36.4 Å². The predicted molar refractivity (Wildman–Crippen MR) is 86.5 cm³/mol. The van der Waals surface area contributed by atoms with Crippen LogP contribution in [0.1, 0.15) is 17.0 Å². The SMILES string of the molecule is OC[C@H](Cc1ccc(Cl)cc1Cl)c1c(Cl)cccc1Cl. The summed E-state index contributed by atoms with van der Waals surface area (Å²) in [5.74, 6) is -0.213. The Morgan fingerprint density at radius 3 is 2.10 bits per heavy atom. The lowest BCUT2D eigenvalue weighted by molar-refractivity contribution is 0.264. The van der Waals surface area contributed by atoms with Crippen molar-refractivity contribution in [3.05, 3.63) is 67.6 Å². The number of hydrogen-bond acceptors (Lipinski definition) is 1. The van der Waals surface area contributed by atoms with Gasteiger partial charge in [0.15, 0.2) is 0 Å². The average molecular weight is 350 g/mol. The second kappa shape index (κ2) is 7.02. The summed E-state index contributed by atoms with van der Waals surface area (Å²) in [5.41, 5.74) is 1.63. The minimum Gasteiger partial charge on any atom is -0.396 e. The van der Waals surface area contributed by atoms with Crippen LogP contribution in [-0.2, 0) is 6.42 Å². The molecule has 0 heterocycles. The van der Waals surface area contributed by atoms with Gasteiger partial charge in [0.05, 0.1) is 6.61 Å². The van der Waals surface area contributed by atoms with Crippen molar-refractivity contribution >= 4 is 46.4 Å². The fourth-order valence-corrected chi connectivity index (χ4v) is 3.30. The van der Waals surface area contributed by atoms with Crippen LogP contribution in [0, 0.1) is 0 Å². The highest BCUT2D eigenvalue weighted by atomic mass is 35.5. The number of hydrogen-bond donors (Lipinski definition) is 1. The number of rotatable bonds is 4. The third kappa shape index (κ3) is 3.60. The lowest BCUT2D eigenvalue weighted by Gasteiger charge is -2.18. The van der Waals surface area contributed by atoms with Gasteiger partial charge >= 0.3 is 0 Å². The summed E-state index contributed by atoms with van der Waals surface area (Å²) in [6.07, 6.45) is 0.538. The Balaban J connectivity index is 2.34. The van der Waals surface area contributed by atoms with Crippen molar-refractivity contribution in [1.82, 2.24) is 0 Å². The van der Waals surface area contributed by atoms with Gasteiger partial charge in [-0.3, -0.25) is 0 Å². The van der Waals surface area contributed by atoms with Gasteiger partial charge in [-0.15, -0.1) is 0 Å². The predicted octanol–water partition coefficient (Wildman–Crippen LogP) is 5.62. The summed E-state index contributed by atoms with van der Waals surface area (Å²) in [4.78, 5) is 0. The first-order valence-electron chi connectivity index (χ1n) is 6.01. The lowest BCUT2D eigenvalue weighted by atomic mass is 9.92. The van der Waals surface area contributed by atoms with Gasteiger partial charge < -0.3 is 5.11 Å². The normalized spacial score (nSPS) is 12.4. The van der Waals surface area contributed by atoms with Gasteiger partial charge in [0.25, 0.3) is 0 Å². The molecule has 106 valence electrons. The minimum atomic E-state index is -0.213. The van der Waals surface area contributed by atoms with Crippen LogP contribution in [0.4, 0.5) is 0 Å². The fourth-order valence-electron chi connectivity index (χ4n) is 2.11. The Hall–Kier alpha value is -0.440. The summed E-state index contributed by atoms with van der Waals surface area (Å²) in [6.45, 7) is -0.0671. The molecule has 1 N–H and O–H groups in total. The molecule has 2 rings (SSSR count). The monoisotopic (exact) mass is 348 g/mol. The molecule has 0 aromatic heterocycles. The molecular weight excluding hydrogens is 338 g/mol. The molecule has 20 heavy (non-hydrogen) atoms. The molecule has 1 atom stereocenters. The molecule has 0 bridgehead atoms. The largest absolute Gasteiger partial charge is 0.396 e. The van der Waals surface area contributed by atoms with Crippen molar-refractivity contribution in [2.45, 2.75) is 12.3 Å². The zero-order chi connectivity index (χ0) is 14.7. The number of benzene rings is 2. The third-order valence-corrected chi connectivity index (χ3v) is 4.36. The molecule has 2 aromatic rings. The van der Waals surface area contributed by atoms with E-state index in [2.05, 4.69) is 0 Å². The highest BCUT2D eigenvalue weighted by Crippen LogP contribution is 2.35. The summed E-state index contributed by atoms with van der Waals surface area (Å²) < 4.78 is 0. The van der Waals surface area contributed by atoms with Crippen molar-refractivity contribution in [1.29, 1.82) is 0 Å². The van der Waals surface area contributed by atoms with E-state index in [9.17, 15) is 5.11 Å². The Labute approximate surface area is 138 Å². The van der Waals surface area contributed by atoms with Crippen LogP contribution in [-0.4, -0.2) is 11.7 Å². The van der Waals surface area contributed by atoms with Gasteiger partial charge in [-0.1, -0.05) is 58.5 Å². The van der Waals surface area contributed by atoms with E-state index in [-0.39, 0.29) is 12.5 Å². The molecule has 5 heteroatoms. The Morgan fingerprint density at radius 1 is 0.900 bits per heavy atom. The van der Waals surface area contributed by atoms with Gasteiger partial charge in [0.1, 0.15) is 0 Å². The van der Waals surface area contributed by atoms with Crippen LogP contribution in [0.2, 0.25) is 20.1 Å². The summed E-state index contributed by atoms with van der Waals surface area (Å²) in [5, 5.41) is 11.9. The van der Waals surface area contributed by atoms with E-state index in [1.54, 1.807) is 30.3 Å². The third-order valence-electron chi connectivity index (χ3n) is 3.11. The first-order valence-corrected chi connectivity index (χ1v) is 7.52. The number of halogens is 4. The first kappa shape index (κ1) is 15.9. The van der Waals surface area contributed by atoms with Crippen LogP contribution in [0.5, 0.6) is 0 Å². The van der Waals surface area contributed by atoms with Gasteiger partial charge in [-0.2, -0.15) is 0 Å². The second-order valence-electron chi connectivity index (χ2n) is 4.45. The van der Waals surface area contributed by atoms with E-state index in [1.165, 1.54) is 0 Å². The first-order chi connectivity index (χ1) is 9.52. The molecule has 2 aromatic carbocycles. The van der Waals surface area contributed by atoms with Gasteiger partial charge in [-0.05, 0) is 41.8 Å². The van der Waals surface area contributed by atoms with E-state index in [0.29, 0.717) is 26.5 Å². The molecule has 0 aliphatic carbocycles. The molecular formula is C15H12Cl4O. The van der Waals surface area contributed by atoms with Crippen LogP contribution < -0.4 is 0 Å². The van der Waals surface area contributed by atoms with Gasteiger partial charge in [0.2, 0.25) is 0 Å². The standard InChI is InChI=1S/C15H12Cl4O/c16-11-5-4-9(14(19)7-11)6-10(8-20)15-12(17)2-1-3-13(15)18/h1-5,7,10,20H,6,8H2/t10-/m0/s1. The molecule has 1 nitrogen and oxygen atoms in total. The smallest absolute Gasteiger partial charge is 0.0504 e. The van der Waals surface area contributed by atoms with Crippen LogP contribution >= 0.6 is 46.4 Å². The zero-order valence-electron chi connectivity index (χ0n) is 10.4. The van der Waals surface area contributed by atoms with Gasteiger partial charge in [-0.25, -0.2) is 0 Å². The summed E-state index contributed by atoms with van der Waals surface area (Å²) in [7, 11) is 0. The highest BCUT2D eigenvalue weighted by Gasteiger charge is 2.19. The lowest BCUT2D eigenvalue weighted by Crippen LogP contribution is -2.09. The maximum Gasteiger partial charge on any atom is 0.0504 e. The molecule has 0 radical (unpaired) electrons. The molecule has 0 spiro atoms. The average Bonchev–Trinajstić information content (AvgIpc) is 2.39. The molecule has 0 saturated heterocycles. The van der Waals surface area contributed by atoms with Crippen molar-refractivity contribution < 1.29 is 5.11 Å². The Morgan fingerprint density at radius 2 is 1.55 bits per heavy atom. The zero-order valence-corrected chi connectivity index (χ0v) is 13.4.